The third kappa shape index (κ3) is 4.06. The minimum atomic E-state index is -0.202. The van der Waals surface area contributed by atoms with Crippen molar-refractivity contribution in [3.05, 3.63) is 40.7 Å². The SMILES string of the molecule is Cc1nc(N)nc(N[C@@H](C)c2cc3cc(Cl)ccc3nc2N2CCN(C)C(=O)C2)n1. The van der Waals surface area contributed by atoms with Crippen LogP contribution in [0.1, 0.15) is 24.4 Å². The Hall–Kier alpha value is -3.20. The molecule has 1 fully saturated rings. The first-order chi connectivity index (χ1) is 14.3. The van der Waals surface area contributed by atoms with E-state index >= 15 is 0 Å². The van der Waals surface area contributed by atoms with Crippen LogP contribution in [-0.2, 0) is 4.79 Å². The van der Waals surface area contributed by atoms with Crippen molar-refractivity contribution in [2.45, 2.75) is 19.9 Å². The average molecular weight is 427 g/mol. The van der Waals surface area contributed by atoms with Gasteiger partial charge in [-0.1, -0.05) is 11.6 Å². The number of amides is 1. The van der Waals surface area contributed by atoms with Crippen molar-refractivity contribution in [3.63, 3.8) is 0 Å². The van der Waals surface area contributed by atoms with E-state index in [9.17, 15) is 4.79 Å². The lowest BCUT2D eigenvalue weighted by Gasteiger charge is -2.34. The van der Waals surface area contributed by atoms with Gasteiger partial charge >= 0.3 is 0 Å². The third-order valence-electron chi connectivity index (χ3n) is 5.12. The standard InChI is InChI=1S/C20H23ClN8O/c1-11(23-20-25-12(2)24-19(22)27-20)15-9-13-8-14(21)4-5-16(13)26-18(15)29-7-6-28(3)17(30)10-29/h4-5,8-9,11H,6-7,10H2,1-3H3,(H3,22,23,24,25,27)/t11-/m0/s1. The predicted octanol–water partition coefficient (Wildman–Crippen LogP) is 2.42. The summed E-state index contributed by atoms with van der Waals surface area (Å²) in [5.74, 6) is 1.90. The summed E-state index contributed by atoms with van der Waals surface area (Å²) in [6.07, 6.45) is 0. The highest BCUT2D eigenvalue weighted by Gasteiger charge is 2.26. The van der Waals surface area contributed by atoms with Crippen molar-refractivity contribution in [2.75, 3.05) is 42.6 Å². The number of nitrogen functional groups attached to an aromatic ring is 1. The molecule has 3 heterocycles. The second kappa shape index (κ2) is 7.91. The van der Waals surface area contributed by atoms with Gasteiger partial charge < -0.3 is 20.9 Å². The summed E-state index contributed by atoms with van der Waals surface area (Å²) < 4.78 is 0. The van der Waals surface area contributed by atoms with Crippen LogP contribution in [0.2, 0.25) is 5.02 Å². The van der Waals surface area contributed by atoms with Gasteiger partial charge in [-0.15, -0.1) is 0 Å². The smallest absolute Gasteiger partial charge is 0.241 e. The molecule has 2 aromatic heterocycles. The van der Waals surface area contributed by atoms with Crippen LogP contribution in [0.25, 0.3) is 10.9 Å². The molecule has 0 radical (unpaired) electrons. The number of anilines is 3. The van der Waals surface area contributed by atoms with Gasteiger partial charge in [-0.3, -0.25) is 4.79 Å². The maximum Gasteiger partial charge on any atom is 0.241 e. The van der Waals surface area contributed by atoms with E-state index in [1.165, 1.54) is 0 Å². The zero-order valence-electron chi connectivity index (χ0n) is 17.1. The third-order valence-corrected chi connectivity index (χ3v) is 5.35. The lowest BCUT2D eigenvalue weighted by atomic mass is 10.0. The monoisotopic (exact) mass is 426 g/mol. The van der Waals surface area contributed by atoms with Gasteiger partial charge in [-0.05, 0) is 38.1 Å². The van der Waals surface area contributed by atoms with Crippen molar-refractivity contribution in [1.82, 2.24) is 24.8 Å². The molecule has 10 heteroatoms. The topological polar surface area (TPSA) is 113 Å². The number of aryl methyl sites for hydroxylation is 1. The van der Waals surface area contributed by atoms with E-state index in [1.807, 2.05) is 43.1 Å². The van der Waals surface area contributed by atoms with E-state index in [4.69, 9.17) is 22.3 Å². The lowest BCUT2D eigenvalue weighted by molar-refractivity contribution is -0.129. The molecular formula is C20H23ClN8O. The molecule has 1 aliphatic rings. The molecule has 0 bridgehead atoms. The number of piperazine rings is 1. The molecule has 0 spiro atoms. The number of nitrogens with zero attached hydrogens (tertiary/aromatic N) is 6. The fourth-order valence-corrected chi connectivity index (χ4v) is 3.68. The molecule has 1 amide bonds. The molecule has 0 aliphatic carbocycles. The number of fused-ring (bicyclic) bond motifs is 1. The Labute approximate surface area is 179 Å². The van der Waals surface area contributed by atoms with Crippen LogP contribution >= 0.6 is 11.6 Å². The van der Waals surface area contributed by atoms with E-state index in [0.717, 1.165) is 22.3 Å². The number of hydrogen-bond donors (Lipinski definition) is 2. The zero-order chi connectivity index (χ0) is 21.4. The van der Waals surface area contributed by atoms with Gasteiger partial charge in [0.05, 0.1) is 18.1 Å². The fourth-order valence-electron chi connectivity index (χ4n) is 3.50. The molecule has 156 valence electrons. The Balaban J connectivity index is 1.76. The number of rotatable bonds is 4. The Morgan fingerprint density at radius 2 is 1.97 bits per heavy atom. The summed E-state index contributed by atoms with van der Waals surface area (Å²) in [4.78, 5) is 33.4. The Morgan fingerprint density at radius 3 is 2.70 bits per heavy atom. The molecule has 4 rings (SSSR count). The lowest BCUT2D eigenvalue weighted by Crippen LogP contribution is -2.49. The molecule has 1 atom stereocenters. The van der Waals surface area contributed by atoms with E-state index in [2.05, 4.69) is 20.3 Å². The van der Waals surface area contributed by atoms with Crippen molar-refractivity contribution >= 4 is 46.1 Å². The molecule has 0 saturated carbocycles. The minimum absolute atomic E-state index is 0.0617. The number of carbonyl (C=O) groups excluding carboxylic acids is 1. The zero-order valence-corrected chi connectivity index (χ0v) is 17.8. The van der Waals surface area contributed by atoms with Crippen molar-refractivity contribution in [3.8, 4) is 0 Å². The minimum Gasteiger partial charge on any atom is -0.368 e. The number of pyridine rings is 1. The van der Waals surface area contributed by atoms with Crippen LogP contribution in [-0.4, -0.2) is 57.4 Å². The summed E-state index contributed by atoms with van der Waals surface area (Å²) in [5, 5.41) is 4.84. The van der Waals surface area contributed by atoms with E-state index in [0.29, 0.717) is 29.9 Å². The highest BCUT2D eigenvalue weighted by molar-refractivity contribution is 6.31. The summed E-state index contributed by atoms with van der Waals surface area (Å²) in [6.45, 7) is 5.37. The van der Waals surface area contributed by atoms with E-state index in [1.54, 1.807) is 11.8 Å². The molecule has 0 unspecified atom stereocenters. The van der Waals surface area contributed by atoms with E-state index < -0.39 is 0 Å². The van der Waals surface area contributed by atoms with Crippen LogP contribution in [0.5, 0.6) is 0 Å². The molecular weight excluding hydrogens is 404 g/mol. The molecule has 1 aromatic carbocycles. The first kappa shape index (κ1) is 20.1. The molecule has 9 nitrogen and oxygen atoms in total. The maximum absolute atomic E-state index is 12.3. The number of nitrogens with one attached hydrogen (secondary N) is 1. The number of carbonyl (C=O) groups is 1. The second-order valence-electron chi connectivity index (χ2n) is 7.41. The summed E-state index contributed by atoms with van der Waals surface area (Å²) >= 11 is 6.19. The van der Waals surface area contributed by atoms with Crippen LogP contribution in [0.3, 0.4) is 0 Å². The average Bonchev–Trinajstić information content (AvgIpc) is 2.68. The van der Waals surface area contributed by atoms with Gasteiger partial charge in [0.15, 0.2) is 0 Å². The predicted molar refractivity (Wildman–Crippen MR) is 118 cm³/mol. The van der Waals surface area contributed by atoms with Gasteiger partial charge in [-0.2, -0.15) is 15.0 Å². The Bertz CT molecular complexity index is 1100. The van der Waals surface area contributed by atoms with Gasteiger partial charge in [-0.25, -0.2) is 4.98 Å². The first-order valence-corrected chi connectivity index (χ1v) is 10.0. The van der Waals surface area contributed by atoms with Crippen LogP contribution in [0.15, 0.2) is 24.3 Å². The number of likely N-dealkylation sites (N-methyl/N-ethyl adjacent to an activating group) is 1. The van der Waals surface area contributed by atoms with Crippen LogP contribution in [0.4, 0.5) is 17.7 Å². The van der Waals surface area contributed by atoms with E-state index in [-0.39, 0.29) is 24.4 Å². The summed E-state index contributed by atoms with van der Waals surface area (Å²) in [6, 6.07) is 7.42. The largest absolute Gasteiger partial charge is 0.368 e. The molecule has 3 aromatic rings. The Morgan fingerprint density at radius 1 is 1.17 bits per heavy atom. The fraction of sp³-hybridized carbons (Fsp3) is 0.350. The maximum atomic E-state index is 12.3. The second-order valence-corrected chi connectivity index (χ2v) is 7.84. The first-order valence-electron chi connectivity index (χ1n) is 9.64. The number of aromatic nitrogens is 4. The van der Waals surface area contributed by atoms with Gasteiger partial charge in [0, 0.05) is 36.1 Å². The molecule has 1 saturated heterocycles. The number of hydrogen-bond acceptors (Lipinski definition) is 8. The summed E-state index contributed by atoms with van der Waals surface area (Å²) in [7, 11) is 1.81. The van der Waals surface area contributed by atoms with Crippen molar-refractivity contribution in [2.24, 2.45) is 0 Å². The molecule has 30 heavy (non-hydrogen) atoms. The molecule has 3 N–H and O–H groups in total. The Kier molecular flexibility index (Phi) is 5.29. The van der Waals surface area contributed by atoms with Crippen molar-refractivity contribution < 1.29 is 4.79 Å². The van der Waals surface area contributed by atoms with Gasteiger partial charge in [0.2, 0.25) is 17.8 Å². The normalized spacial score (nSPS) is 15.5. The quantitative estimate of drug-likeness (QED) is 0.653. The number of halogens is 1. The summed E-state index contributed by atoms with van der Waals surface area (Å²) in [5.41, 5.74) is 7.49. The molecule has 1 aliphatic heterocycles. The van der Waals surface area contributed by atoms with Crippen LogP contribution in [0, 0.1) is 6.92 Å². The highest BCUT2D eigenvalue weighted by Crippen LogP contribution is 2.32. The number of nitrogens with two attached hydrogens (primary N) is 1. The van der Waals surface area contributed by atoms with Crippen molar-refractivity contribution in [1.29, 1.82) is 0 Å². The van der Waals surface area contributed by atoms with Gasteiger partial charge in [0.1, 0.15) is 11.6 Å². The van der Waals surface area contributed by atoms with Gasteiger partial charge in [0.25, 0.3) is 0 Å². The number of benzene rings is 1. The van der Waals surface area contributed by atoms with Crippen LogP contribution < -0.4 is 16.0 Å². The highest BCUT2D eigenvalue weighted by atomic mass is 35.5.